The van der Waals surface area contributed by atoms with Crippen LogP contribution in [0.3, 0.4) is 0 Å². The maximum absolute atomic E-state index is 12.6. The average molecular weight is 782 g/mol. The van der Waals surface area contributed by atoms with Gasteiger partial charge in [0.15, 0.2) is 6.10 Å². The van der Waals surface area contributed by atoms with Gasteiger partial charge in [0.25, 0.3) is 0 Å². The van der Waals surface area contributed by atoms with Crippen LogP contribution < -0.4 is 5.73 Å². The number of phosphoric ester groups is 1. The highest BCUT2D eigenvalue weighted by Crippen LogP contribution is 2.43. The first kappa shape index (κ1) is 51.2. The van der Waals surface area contributed by atoms with Crippen LogP contribution in [0, 0.1) is 0 Å². The number of carbonyl (C=O) groups excluding carboxylic acids is 2. The van der Waals surface area contributed by atoms with Gasteiger partial charge in [-0.15, -0.1) is 0 Å². The molecule has 0 amide bonds. The van der Waals surface area contributed by atoms with E-state index in [2.05, 4.69) is 42.7 Å². The molecule has 0 aliphatic rings. The summed E-state index contributed by atoms with van der Waals surface area (Å²) in [4.78, 5) is 45.9. The zero-order valence-corrected chi connectivity index (χ0v) is 34.2. The summed E-state index contributed by atoms with van der Waals surface area (Å²) in [6.45, 7) is 2.60. The van der Waals surface area contributed by atoms with Crippen LogP contribution >= 0.6 is 7.82 Å². The molecular formula is C42H72NO10P. The molecule has 0 aliphatic carbocycles. The molecule has 0 radical (unpaired) electrons. The van der Waals surface area contributed by atoms with Gasteiger partial charge in [0, 0.05) is 12.8 Å². The molecule has 12 heteroatoms. The molecule has 310 valence electrons. The first-order valence-electron chi connectivity index (χ1n) is 20.4. The lowest BCUT2D eigenvalue weighted by Crippen LogP contribution is -2.34. The van der Waals surface area contributed by atoms with Gasteiger partial charge in [0.1, 0.15) is 12.6 Å². The standard InChI is InChI=1S/C42H72NO10P/c1-3-5-7-9-11-13-15-17-19-21-23-25-27-29-31-33-40(44)50-35-38(36-51-54(48,49)52-37-39(43)42(46)47)53-41(45)34-32-30-28-26-24-22-20-18-16-14-12-10-8-6-4-2/h6,8,10,12-16,18,20,38-39H,3-5,7,9,11,17,19,21-37,43H2,1-2H3,(H,46,47)(H,48,49)/b8-6+,12-10+,15-13+,16-14+,20-18+/t38-,39+/m1/s1. The molecule has 4 N–H and O–H groups in total. The second-order valence-corrected chi connectivity index (χ2v) is 14.9. The molecule has 0 aliphatic heterocycles. The number of ether oxygens (including phenoxy) is 2. The maximum Gasteiger partial charge on any atom is 0.472 e. The molecule has 0 aromatic heterocycles. The molecule has 0 fully saturated rings. The molecular weight excluding hydrogens is 709 g/mol. The van der Waals surface area contributed by atoms with E-state index >= 15 is 0 Å². The third kappa shape index (κ3) is 36.2. The van der Waals surface area contributed by atoms with Crippen molar-refractivity contribution in [1.29, 1.82) is 0 Å². The Morgan fingerprint density at radius 2 is 1.06 bits per heavy atom. The largest absolute Gasteiger partial charge is 0.480 e. The molecule has 0 heterocycles. The summed E-state index contributed by atoms with van der Waals surface area (Å²) >= 11 is 0. The minimum absolute atomic E-state index is 0.132. The van der Waals surface area contributed by atoms with Gasteiger partial charge in [-0.05, 0) is 57.8 Å². The lowest BCUT2D eigenvalue weighted by Gasteiger charge is -2.20. The highest BCUT2D eigenvalue weighted by Gasteiger charge is 2.28. The first-order valence-corrected chi connectivity index (χ1v) is 21.9. The lowest BCUT2D eigenvalue weighted by atomic mass is 10.1. The number of phosphoric acid groups is 1. The van der Waals surface area contributed by atoms with Gasteiger partial charge in [-0.25, -0.2) is 4.57 Å². The van der Waals surface area contributed by atoms with E-state index < -0.39 is 51.1 Å². The van der Waals surface area contributed by atoms with Crippen LogP contribution in [0.5, 0.6) is 0 Å². The summed E-state index contributed by atoms with van der Waals surface area (Å²) < 4.78 is 32.6. The molecule has 0 aromatic carbocycles. The molecule has 3 atom stereocenters. The second kappa shape index (κ2) is 37.1. The third-order valence-corrected chi connectivity index (χ3v) is 9.29. The van der Waals surface area contributed by atoms with E-state index in [1.807, 2.05) is 36.5 Å². The fourth-order valence-electron chi connectivity index (χ4n) is 5.13. The van der Waals surface area contributed by atoms with E-state index in [0.29, 0.717) is 12.8 Å². The number of carboxylic acids is 1. The molecule has 0 spiro atoms. The minimum Gasteiger partial charge on any atom is -0.480 e. The smallest absolute Gasteiger partial charge is 0.472 e. The Morgan fingerprint density at radius 3 is 1.61 bits per heavy atom. The summed E-state index contributed by atoms with van der Waals surface area (Å²) in [5.74, 6) is -2.42. The fourth-order valence-corrected chi connectivity index (χ4v) is 5.91. The molecule has 0 aromatic rings. The van der Waals surface area contributed by atoms with E-state index in [9.17, 15) is 23.8 Å². The Balaban J connectivity index is 4.46. The summed E-state index contributed by atoms with van der Waals surface area (Å²) in [6.07, 6.45) is 41.4. The van der Waals surface area contributed by atoms with E-state index in [-0.39, 0.29) is 19.4 Å². The molecule has 1 unspecified atom stereocenters. The lowest BCUT2D eigenvalue weighted by molar-refractivity contribution is -0.161. The van der Waals surface area contributed by atoms with E-state index in [4.69, 9.17) is 24.8 Å². The van der Waals surface area contributed by atoms with Crippen LogP contribution in [0.1, 0.15) is 155 Å². The van der Waals surface area contributed by atoms with Crippen LogP contribution in [0.2, 0.25) is 0 Å². The van der Waals surface area contributed by atoms with Crippen LogP contribution in [0.4, 0.5) is 0 Å². The number of aliphatic carboxylic acids is 1. The van der Waals surface area contributed by atoms with Gasteiger partial charge in [0.2, 0.25) is 0 Å². The summed E-state index contributed by atoms with van der Waals surface area (Å²) in [7, 11) is -4.72. The van der Waals surface area contributed by atoms with Crippen LogP contribution in [0.15, 0.2) is 60.8 Å². The Morgan fingerprint density at radius 1 is 0.593 bits per heavy atom. The maximum atomic E-state index is 12.6. The number of allylic oxidation sites excluding steroid dienone is 10. The minimum atomic E-state index is -4.72. The van der Waals surface area contributed by atoms with Crippen LogP contribution in [-0.2, 0) is 37.5 Å². The summed E-state index contributed by atoms with van der Waals surface area (Å²) in [6, 6.07) is -1.53. The number of hydrogen-bond donors (Lipinski definition) is 3. The van der Waals surface area contributed by atoms with Crippen LogP contribution in [-0.4, -0.2) is 59.9 Å². The van der Waals surface area contributed by atoms with E-state index in [0.717, 1.165) is 64.2 Å². The number of carboxylic acid groups (broad SMARTS) is 1. The van der Waals surface area contributed by atoms with Crippen molar-refractivity contribution in [1.82, 2.24) is 0 Å². The highest BCUT2D eigenvalue weighted by atomic mass is 31.2. The zero-order valence-electron chi connectivity index (χ0n) is 33.3. The monoisotopic (exact) mass is 781 g/mol. The molecule has 0 saturated heterocycles. The normalized spacial score (nSPS) is 14.4. The quantitative estimate of drug-likeness (QED) is 0.0180. The fraction of sp³-hybridized carbons (Fsp3) is 0.690. The van der Waals surface area contributed by atoms with Crippen molar-refractivity contribution in [3.63, 3.8) is 0 Å². The number of esters is 2. The van der Waals surface area contributed by atoms with Gasteiger partial charge < -0.3 is 25.2 Å². The number of unbranched alkanes of at least 4 members (excludes halogenated alkanes) is 16. The van der Waals surface area contributed by atoms with Gasteiger partial charge in [-0.2, -0.15) is 0 Å². The molecule has 11 nitrogen and oxygen atoms in total. The van der Waals surface area contributed by atoms with Crippen LogP contribution in [0.25, 0.3) is 0 Å². The molecule has 0 rings (SSSR count). The summed E-state index contributed by atoms with van der Waals surface area (Å²) in [5.41, 5.74) is 5.32. The Hall–Kier alpha value is -2.82. The van der Waals surface area contributed by atoms with Gasteiger partial charge >= 0.3 is 25.7 Å². The number of nitrogens with two attached hydrogens (primary N) is 1. The van der Waals surface area contributed by atoms with Gasteiger partial charge in [-0.3, -0.25) is 23.4 Å². The van der Waals surface area contributed by atoms with Crippen molar-refractivity contribution in [2.75, 3.05) is 19.8 Å². The first-order chi connectivity index (χ1) is 26.1. The third-order valence-electron chi connectivity index (χ3n) is 8.34. The molecule has 0 bridgehead atoms. The predicted molar refractivity (Wildman–Crippen MR) is 217 cm³/mol. The van der Waals surface area contributed by atoms with Crippen molar-refractivity contribution >= 4 is 25.7 Å². The van der Waals surface area contributed by atoms with Crippen molar-refractivity contribution < 1.29 is 47.5 Å². The van der Waals surface area contributed by atoms with Gasteiger partial charge in [-0.1, -0.05) is 145 Å². The molecule has 0 saturated carbocycles. The SMILES string of the molecule is CC/C=C/C=C/C=C/C=C/CCCCCCCC(=O)O[C@H](COC(=O)CCCCCCCCC/C=C/CCCCCC)COP(=O)(O)OC[C@H](N)C(=O)O. The number of rotatable bonds is 37. The van der Waals surface area contributed by atoms with Gasteiger partial charge in [0.05, 0.1) is 13.2 Å². The highest BCUT2D eigenvalue weighted by molar-refractivity contribution is 7.47. The topological polar surface area (TPSA) is 172 Å². The Bertz CT molecular complexity index is 1150. The number of carbonyl (C=O) groups is 3. The van der Waals surface area contributed by atoms with Crippen molar-refractivity contribution in [2.24, 2.45) is 5.73 Å². The van der Waals surface area contributed by atoms with Crippen molar-refractivity contribution in [2.45, 2.75) is 167 Å². The molecule has 54 heavy (non-hydrogen) atoms. The van der Waals surface area contributed by atoms with E-state index in [1.165, 1.54) is 51.4 Å². The summed E-state index contributed by atoms with van der Waals surface area (Å²) in [5, 5.41) is 8.87. The predicted octanol–water partition coefficient (Wildman–Crippen LogP) is 10.4. The average Bonchev–Trinajstić information content (AvgIpc) is 3.14. The van der Waals surface area contributed by atoms with Crippen molar-refractivity contribution in [3.8, 4) is 0 Å². The van der Waals surface area contributed by atoms with E-state index in [1.54, 1.807) is 0 Å². The number of hydrogen-bond acceptors (Lipinski definition) is 9. The Kier molecular flexibility index (Phi) is 35.2. The second-order valence-electron chi connectivity index (χ2n) is 13.5. The zero-order chi connectivity index (χ0) is 40.0. The Labute approximate surface area is 326 Å². The van der Waals surface area contributed by atoms with Crippen molar-refractivity contribution in [3.05, 3.63) is 60.8 Å².